The summed E-state index contributed by atoms with van der Waals surface area (Å²) in [7, 11) is 0. The highest BCUT2D eigenvalue weighted by Crippen LogP contribution is 2.28. The summed E-state index contributed by atoms with van der Waals surface area (Å²) in [6.07, 6.45) is 10.2. The van der Waals surface area contributed by atoms with Crippen LogP contribution in [0.15, 0.2) is 22.7 Å². The molecule has 3 heteroatoms. The molecule has 1 aromatic rings. The molecule has 1 aliphatic carbocycles. The van der Waals surface area contributed by atoms with Gasteiger partial charge in [0, 0.05) is 10.5 Å². The standard InChI is InChI=1S/C18H27BrFN/c1-2-21-17(11-14-7-5-3-4-6-8-14)13-15-12-16(19)9-10-18(15)20/h9-10,12,14,17,21H,2-8,11,13H2,1H3. The van der Waals surface area contributed by atoms with Crippen molar-refractivity contribution in [2.75, 3.05) is 6.54 Å². The minimum Gasteiger partial charge on any atom is -0.314 e. The van der Waals surface area contributed by atoms with E-state index in [4.69, 9.17) is 0 Å². The minimum atomic E-state index is -0.0815. The lowest BCUT2D eigenvalue weighted by atomic mass is 9.90. The number of hydrogen-bond acceptors (Lipinski definition) is 1. The van der Waals surface area contributed by atoms with Crippen molar-refractivity contribution in [3.8, 4) is 0 Å². The second kappa shape index (κ2) is 8.89. The van der Waals surface area contributed by atoms with Gasteiger partial charge in [0.1, 0.15) is 5.82 Å². The fourth-order valence-corrected chi connectivity index (χ4v) is 3.90. The quantitative estimate of drug-likeness (QED) is 0.667. The molecule has 0 amide bonds. The van der Waals surface area contributed by atoms with Crippen LogP contribution in [0.4, 0.5) is 4.39 Å². The fourth-order valence-electron chi connectivity index (χ4n) is 3.49. The van der Waals surface area contributed by atoms with Crippen molar-refractivity contribution >= 4 is 15.9 Å². The zero-order valence-corrected chi connectivity index (χ0v) is 14.6. The molecule has 0 bridgehead atoms. The Balaban J connectivity index is 1.98. The average molecular weight is 356 g/mol. The molecular weight excluding hydrogens is 329 g/mol. The van der Waals surface area contributed by atoms with Crippen molar-refractivity contribution < 1.29 is 4.39 Å². The number of nitrogens with one attached hydrogen (secondary N) is 1. The Morgan fingerprint density at radius 3 is 2.62 bits per heavy atom. The SMILES string of the molecule is CCNC(Cc1cc(Br)ccc1F)CC1CCCCCC1. The Bertz CT molecular complexity index is 427. The zero-order valence-electron chi connectivity index (χ0n) is 13.0. The van der Waals surface area contributed by atoms with Gasteiger partial charge in [-0.3, -0.25) is 0 Å². The summed E-state index contributed by atoms with van der Waals surface area (Å²) in [5, 5.41) is 3.56. The Labute approximate surface area is 136 Å². The van der Waals surface area contributed by atoms with Crippen molar-refractivity contribution in [1.29, 1.82) is 0 Å². The number of rotatable bonds is 6. The van der Waals surface area contributed by atoms with E-state index in [1.54, 1.807) is 12.1 Å². The first-order valence-electron chi connectivity index (χ1n) is 8.36. The van der Waals surface area contributed by atoms with E-state index in [1.807, 2.05) is 6.07 Å². The maximum absolute atomic E-state index is 14.0. The van der Waals surface area contributed by atoms with E-state index < -0.39 is 0 Å². The molecule has 1 nitrogen and oxygen atoms in total. The largest absolute Gasteiger partial charge is 0.314 e. The average Bonchev–Trinajstić information content (AvgIpc) is 2.72. The Hall–Kier alpha value is -0.410. The number of hydrogen-bond donors (Lipinski definition) is 1. The van der Waals surface area contributed by atoms with Gasteiger partial charge in [-0.15, -0.1) is 0 Å². The van der Waals surface area contributed by atoms with Crippen molar-refractivity contribution in [3.63, 3.8) is 0 Å². The monoisotopic (exact) mass is 355 g/mol. The molecule has 0 radical (unpaired) electrons. The fraction of sp³-hybridized carbons (Fsp3) is 0.667. The minimum absolute atomic E-state index is 0.0815. The number of halogens is 2. The van der Waals surface area contributed by atoms with E-state index >= 15 is 0 Å². The summed E-state index contributed by atoms with van der Waals surface area (Å²) in [4.78, 5) is 0. The molecule has 1 unspecified atom stereocenters. The first-order chi connectivity index (χ1) is 10.2. The van der Waals surface area contributed by atoms with Crippen molar-refractivity contribution in [1.82, 2.24) is 5.32 Å². The highest BCUT2D eigenvalue weighted by Gasteiger charge is 2.19. The predicted octanol–water partition coefficient (Wildman–Crippen LogP) is 5.47. The Morgan fingerprint density at radius 1 is 1.24 bits per heavy atom. The molecule has 0 spiro atoms. The van der Waals surface area contributed by atoms with Gasteiger partial charge in [0.2, 0.25) is 0 Å². The van der Waals surface area contributed by atoms with Gasteiger partial charge in [0.05, 0.1) is 0 Å². The lowest BCUT2D eigenvalue weighted by Crippen LogP contribution is -2.33. The second-order valence-electron chi connectivity index (χ2n) is 6.29. The molecule has 2 rings (SSSR count). The smallest absolute Gasteiger partial charge is 0.126 e. The maximum Gasteiger partial charge on any atom is 0.126 e. The van der Waals surface area contributed by atoms with Crippen LogP contribution in [0.25, 0.3) is 0 Å². The molecule has 0 aliphatic heterocycles. The van der Waals surface area contributed by atoms with Gasteiger partial charge in [-0.1, -0.05) is 61.4 Å². The molecular formula is C18H27BrFN. The van der Waals surface area contributed by atoms with Gasteiger partial charge in [0.15, 0.2) is 0 Å². The first-order valence-corrected chi connectivity index (χ1v) is 9.15. The van der Waals surface area contributed by atoms with E-state index in [0.29, 0.717) is 6.04 Å². The molecule has 1 fully saturated rings. The van der Waals surface area contributed by atoms with E-state index in [9.17, 15) is 4.39 Å². The van der Waals surface area contributed by atoms with Crippen LogP contribution in [0.1, 0.15) is 57.4 Å². The highest BCUT2D eigenvalue weighted by atomic mass is 79.9. The van der Waals surface area contributed by atoms with Crippen LogP contribution in [-0.2, 0) is 6.42 Å². The molecule has 1 atom stereocenters. The van der Waals surface area contributed by atoms with Crippen LogP contribution in [0, 0.1) is 11.7 Å². The summed E-state index contributed by atoms with van der Waals surface area (Å²) >= 11 is 3.45. The van der Waals surface area contributed by atoms with Gasteiger partial charge in [-0.05, 0) is 49.1 Å². The Morgan fingerprint density at radius 2 is 1.95 bits per heavy atom. The van der Waals surface area contributed by atoms with E-state index in [1.165, 1.54) is 44.9 Å². The summed E-state index contributed by atoms with van der Waals surface area (Å²) in [5.41, 5.74) is 0.823. The van der Waals surface area contributed by atoms with Gasteiger partial charge < -0.3 is 5.32 Å². The van der Waals surface area contributed by atoms with Crippen molar-refractivity contribution in [2.24, 2.45) is 5.92 Å². The lowest BCUT2D eigenvalue weighted by molar-refractivity contribution is 0.351. The summed E-state index contributed by atoms with van der Waals surface area (Å²) in [6, 6.07) is 5.65. The third-order valence-corrected chi connectivity index (χ3v) is 5.05. The molecule has 0 aromatic heterocycles. The van der Waals surface area contributed by atoms with Crippen LogP contribution in [0.2, 0.25) is 0 Å². The topological polar surface area (TPSA) is 12.0 Å². The zero-order chi connectivity index (χ0) is 15.1. The van der Waals surface area contributed by atoms with Gasteiger partial charge in [-0.25, -0.2) is 4.39 Å². The van der Waals surface area contributed by atoms with E-state index in [2.05, 4.69) is 28.2 Å². The summed E-state index contributed by atoms with van der Waals surface area (Å²) in [6.45, 7) is 3.09. The summed E-state index contributed by atoms with van der Waals surface area (Å²) < 4.78 is 14.9. The maximum atomic E-state index is 14.0. The predicted molar refractivity (Wildman–Crippen MR) is 91.1 cm³/mol. The third kappa shape index (κ3) is 5.71. The molecule has 0 heterocycles. The number of likely N-dealkylation sites (N-methyl/N-ethyl adjacent to an activating group) is 1. The lowest BCUT2D eigenvalue weighted by Gasteiger charge is -2.24. The molecule has 21 heavy (non-hydrogen) atoms. The molecule has 1 N–H and O–H groups in total. The molecule has 0 saturated heterocycles. The van der Waals surface area contributed by atoms with Gasteiger partial charge in [-0.2, -0.15) is 0 Å². The number of benzene rings is 1. The molecule has 118 valence electrons. The normalized spacial score (nSPS) is 18.4. The molecule has 1 aliphatic rings. The summed E-state index contributed by atoms with van der Waals surface area (Å²) in [5.74, 6) is 0.730. The van der Waals surface area contributed by atoms with Crippen LogP contribution in [0.5, 0.6) is 0 Å². The molecule has 1 aromatic carbocycles. The van der Waals surface area contributed by atoms with E-state index in [0.717, 1.165) is 28.9 Å². The van der Waals surface area contributed by atoms with Gasteiger partial charge in [0.25, 0.3) is 0 Å². The highest BCUT2D eigenvalue weighted by molar-refractivity contribution is 9.10. The van der Waals surface area contributed by atoms with Crippen molar-refractivity contribution in [2.45, 2.75) is 64.3 Å². The third-order valence-electron chi connectivity index (χ3n) is 4.56. The van der Waals surface area contributed by atoms with Crippen LogP contribution < -0.4 is 5.32 Å². The van der Waals surface area contributed by atoms with Crippen LogP contribution >= 0.6 is 15.9 Å². The second-order valence-corrected chi connectivity index (χ2v) is 7.20. The van der Waals surface area contributed by atoms with Crippen molar-refractivity contribution in [3.05, 3.63) is 34.1 Å². The Kier molecular flexibility index (Phi) is 7.18. The molecule has 1 saturated carbocycles. The first kappa shape index (κ1) is 17.0. The van der Waals surface area contributed by atoms with E-state index in [-0.39, 0.29) is 5.82 Å². The van der Waals surface area contributed by atoms with Gasteiger partial charge >= 0.3 is 0 Å². The van der Waals surface area contributed by atoms with Crippen LogP contribution in [-0.4, -0.2) is 12.6 Å². The van der Waals surface area contributed by atoms with Crippen LogP contribution in [0.3, 0.4) is 0 Å².